The third kappa shape index (κ3) is 2.55. The molecular formula is C12H18N4O. The van der Waals surface area contributed by atoms with Crippen LogP contribution in [0, 0.1) is 6.92 Å². The molecule has 0 unspecified atom stereocenters. The van der Waals surface area contributed by atoms with Gasteiger partial charge in [0.2, 0.25) is 0 Å². The average molecular weight is 234 g/mol. The van der Waals surface area contributed by atoms with Crippen LogP contribution < -0.4 is 10.9 Å². The molecule has 92 valence electrons. The van der Waals surface area contributed by atoms with Gasteiger partial charge >= 0.3 is 0 Å². The zero-order chi connectivity index (χ0) is 12.3. The van der Waals surface area contributed by atoms with Crippen LogP contribution in [0.15, 0.2) is 23.3 Å². The van der Waals surface area contributed by atoms with Gasteiger partial charge in [0.05, 0.1) is 5.69 Å². The van der Waals surface area contributed by atoms with Gasteiger partial charge in [-0.05, 0) is 32.5 Å². The number of hydrogen-bond acceptors (Lipinski definition) is 3. The Kier molecular flexibility index (Phi) is 3.58. The topological polar surface area (TPSA) is 51.3 Å². The number of nitrogens with zero attached hydrogens (tertiary/aromatic N) is 3. The van der Waals surface area contributed by atoms with Crippen LogP contribution in [0.4, 0.5) is 0 Å². The molecule has 0 bridgehead atoms. The molecule has 0 amide bonds. The molecule has 0 atom stereocenters. The van der Waals surface area contributed by atoms with Crippen molar-refractivity contribution < 1.29 is 0 Å². The Labute approximate surface area is 100 Å². The second kappa shape index (κ2) is 5.14. The van der Waals surface area contributed by atoms with Crippen molar-refractivity contribution in [1.82, 2.24) is 19.5 Å². The van der Waals surface area contributed by atoms with Crippen LogP contribution >= 0.6 is 0 Å². The summed E-state index contributed by atoms with van der Waals surface area (Å²) in [5.74, 6) is 0. The first-order valence-electron chi connectivity index (χ1n) is 5.98. The van der Waals surface area contributed by atoms with E-state index in [0.717, 1.165) is 31.7 Å². The molecule has 0 fully saturated rings. The highest BCUT2D eigenvalue weighted by atomic mass is 16.1. The van der Waals surface area contributed by atoms with Crippen LogP contribution in [0.5, 0.6) is 0 Å². The van der Waals surface area contributed by atoms with Crippen LogP contribution in [-0.4, -0.2) is 27.3 Å². The van der Waals surface area contributed by atoms with Gasteiger partial charge < -0.3 is 9.88 Å². The minimum atomic E-state index is 0.0320. The third-order valence-electron chi connectivity index (χ3n) is 2.73. The molecule has 1 N–H and O–H groups in total. The molecule has 0 aliphatic rings. The fourth-order valence-corrected chi connectivity index (χ4v) is 1.88. The molecule has 5 heteroatoms. The van der Waals surface area contributed by atoms with E-state index in [4.69, 9.17) is 0 Å². The molecule has 5 nitrogen and oxygen atoms in total. The molecular weight excluding hydrogens is 216 g/mol. The van der Waals surface area contributed by atoms with Crippen LogP contribution in [0.1, 0.15) is 19.0 Å². The summed E-state index contributed by atoms with van der Waals surface area (Å²) >= 11 is 0. The summed E-state index contributed by atoms with van der Waals surface area (Å²) in [4.78, 5) is 12.1. The lowest BCUT2D eigenvalue weighted by Crippen LogP contribution is -2.23. The Morgan fingerprint density at radius 2 is 2.24 bits per heavy atom. The maximum Gasteiger partial charge on any atom is 0.276 e. The number of hydrogen-bond donors (Lipinski definition) is 1. The molecule has 2 heterocycles. The van der Waals surface area contributed by atoms with Gasteiger partial charge in [-0.25, -0.2) is 4.52 Å². The molecule has 0 aliphatic heterocycles. The molecule has 2 aromatic heterocycles. The quantitative estimate of drug-likeness (QED) is 0.779. The van der Waals surface area contributed by atoms with Gasteiger partial charge in [0, 0.05) is 18.9 Å². The Bertz CT molecular complexity index is 555. The SMILES string of the molecule is CCNCCCn1ccn2nc(C)cc2c1=O. The smallest absolute Gasteiger partial charge is 0.276 e. The summed E-state index contributed by atoms with van der Waals surface area (Å²) in [6.07, 6.45) is 4.59. The van der Waals surface area contributed by atoms with Crippen LogP contribution in [-0.2, 0) is 6.54 Å². The second-order valence-electron chi connectivity index (χ2n) is 4.12. The van der Waals surface area contributed by atoms with Crippen molar-refractivity contribution in [3.8, 4) is 0 Å². The van der Waals surface area contributed by atoms with Gasteiger partial charge in [-0.1, -0.05) is 6.92 Å². The summed E-state index contributed by atoms with van der Waals surface area (Å²) in [6.45, 7) is 6.62. The zero-order valence-electron chi connectivity index (χ0n) is 10.3. The van der Waals surface area contributed by atoms with Gasteiger partial charge in [0.15, 0.2) is 0 Å². The van der Waals surface area contributed by atoms with Crippen molar-refractivity contribution in [1.29, 1.82) is 0 Å². The average Bonchev–Trinajstić information content (AvgIpc) is 2.69. The van der Waals surface area contributed by atoms with Gasteiger partial charge in [-0.3, -0.25) is 4.79 Å². The lowest BCUT2D eigenvalue weighted by molar-refractivity contribution is 0.578. The Balaban J connectivity index is 2.18. The van der Waals surface area contributed by atoms with Gasteiger partial charge in [-0.2, -0.15) is 5.10 Å². The zero-order valence-corrected chi connectivity index (χ0v) is 10.3. The van der Waals surface area contributed by atoms with Crippen LogP contribution in [0.25, 0.3) is 5.52 Å². The number of rotatable bonds is 5. The van der Waals surface area contributed by atoms with E-state index in [1.807, 2.05) is 19.2 Å². The maximum absolute atomic E-state index is 12.1. The van der Waals surface area contributed by atoms with Gasteiger partial charge in [0.1, 0.15) is 5.52 Å². The highest BCUT2D eigenvalue weighted by Crippen LogP contribution is 2.00. The predicted octanol–water partition coefficient (Wildman–Crippen LogP) is 0.804. The molecule has 17 heavy (non-hydrogen) atoms. The standard InChI is InChI=1S/C12H18N4O/c1-3-13-5-4-6-15-7-8-16-11(12(15)17)9-10(2)14-16/h7-9,13H,3-6H2,1-2H3. The van der Waals surface area contributed by atoms with Crippen molar-refractivity contribution in [2.75, 3.05) is 13.1 Å². The van der Waals surface area contributed by atoms with E-state index in [-0.39, 0.29) is 5.56 Å². The molecule has 0 saturated carbocycles. The number of nitrogens with one attached hydrogen (secondary N) is 1. The summed E-state index contributed by atoms with van der Waals surface area (Å²) in [5, 5.41) is 7.46. The molecule has 0 saturated heterocycles. The van der Waals surface area contributed by atoms with E-state index >= 15 is 0 Å². The highest BCUT2D eigenvalue weighted by molar-refractivity contribution is 5.44. The van der Waals surface area contributed by atoms with Crippen molar-refractivity contribution in [3.63, 3.8) is 0 Å². The molecule has 0 spiro atoms. The van der Waals surface area contributed by atoms with Crippen molar-refractivity contribution in [3.05, 3.63) is 34.5 Å². The largest absolute Gasteiger partial charge is 0.317 e. The summed E-state index contributed by atoms with van der Waals surface area (Å²) < 4.78 is 3.38. The Hall–Kier alpha value is -1.62. The van der Waals surface area contributed by atoms with E-state index in [1.54, 1.807) is 15.3 Å². The lowest BCUT2D eigenvalue weighted by atomic mass is 10.4. The van der Waals surface area contributed by atoms with E-state index in [0.29, 0.717) is 5.52 Å². The van der Waals surface area contributed by atoms with Crippen LogP contribution in [0.2, 0.25) is 0 Å². The number of aromatic nitrogens is 3. The van der Waals surface area contributed by atoms with Crippen LogP contribution in [0.3, 0.4) is 0 Å². The summed E-state index contributed by atoms with van der Waals surface area (Å²) in [5.41, 5.74) is 1.55. The predicted molar refractivity (Wildman–Crippen MR) is 67.3 cm³/mol. The van der Waals surface area contributed by atoms with Gasteiger partial charge in [0.25, 0.3) is 5.56 Å². The number of fused-ring (bicyclic) bond motifs is 1. The first-order valence-corrected chi connectivity index (χ1v) is 5.98. The monoisotopic (exact) mass is 234 g/mol. The summed E-state index contributed by atoms with van der Waals surface area (Å²) in [6, 6.07) is 1.82. The van der Waals surface area contributed by atoms with Crippen molar-refractivity contribution >= 4 is 5.52 Å². The molecule has 0 aliphatic carbocycles. The molecule has 0 aromatic carbocycles. The minimum Gasteiger partial charge on any atom is -0.317 e. The van der Waals surface area contributed by atoms with E-state index in [1.165, 1.54) is 0 Å². The summed E-state index contributed by atoms with van der Waals surface area (Å²) in [7, 11) is 0. The number of aryl methyl sites for hydroxylation is 2. The Morgan fingerprint density at radius 3 is 3.00 bits per heavy atom. The molecule has 0 radical (unpaired) electrons. The van der Waals surface area contributed by atoms with E-state index < -0.39 is 0 Å². The maximum atomic E-state index is 12.1. The minimum absolute atomic E-state index is 0.0320. The van der Waals surface area contributed by atoms with E-state index in [2.05, 4.69) is 17.3 Å². The van der Waals surface area contributed by atoms with Crippen molar-refractivity contribution in [2.45, 2.75) is 26.8 Å². The molecule has 2 aromatic rings. The normalized spacial score (nSPS) is 11.2. The fraction of sp³-hybridized carbons (Fsp3) is 0.500. The first kappa shape index (κ1) is 11.9. The van der Waals surface area contributed by atoms with Crippen molar-refractivity contribution in [2.24, 2.45) is 0 Å². The second-order valence-corrected chi connectivity index (χ2v) is 4.12. The third-order valence-corrected chi connectivity index (χ3v) is 2.73. The fourth-order valence-electron chi connectivity index (χ4n) is 1.88. The first-order chi connectivity index (χ1) is 8.22. The van der Waals surface area contributed by atoms with Gasteiger partial charge in [-0.15, -0.1) is 0 Å². The lowest BCUT2D eigenvalue weighted by Gasteiger charge is -2.06. The Morgan fingerprint density at radius 1 is 1.41 bits per heavy atom. The molecule has 2 rings (SSSR count). The highest BCUT2D eigenvalue weighted by Gasteiger charge is 2.04. The van der Waals surface area contributed by atoms with E-state index in [9.17, 15) is 4.79 Å².